The molecule has 0 aliphatic rings. The van der Waals surface area contributed by atoms with Crippen LogP contribution >= 0.6 is 0 Å². The second kappa shape index (κ2) is 4.82. The Bertz CT molecular complexity index is 74.5. The quantitative estimate of drug-likeness (QED) is 0.498. The Hall–Kier alpha value is -0.330. The zero-order chi connectivity index (χ0) is 6.41. The maximum Gasteiger partial charge on any atom is 0.0276 e. The summed E-state index contributed by atoms with van der Waals surface area (Å²) in [5.74, 6) is 0. The lowest BCUT2D eigenvalue weighted by atomic mass is 10.2. The highest BCUT2D eigenvalue weighted by Crippen LogP contribution is 1.94. The average Bonchev–Trinajstić information content (AvgIpc) is 1.83. The molecule has 0 bridgehead atoms. The van der Waals surface area contributed by atoms with E-state index in [9.17, 15) is 0 Å². The van der Waals surface area contributed by atoms with Gasteiger partial charge in [0.15, 0.2) is 0 Å². The van der Waals surface area contributed by atoms with E-state index < -0.39 is 0 Å². The van der Waals surface area contributed by atoms with Gasteiger partial charge in [-0.3, -0.25) is 4.99 Å². The van der Waals surface area contributed by atoms with Crippen LogP contribution in [0.3, 0.4) is 0 Å². The molecule has 0 atom stereocenters. The van der Waals surface area contributed by atoms with Gasteiger partial charge in [0.1, 0.15) is 0 Å². The number of nitrogens with zero attached hydrogens (tertiary/aromatic N) is 1. The molecule has 0 unspecified atom stereocenters. The molecule has 0 aliphatic heterocycles. The van der Waals surface area contributed by atoms with E-state index in [1.807, 2.05) is 7.05 Å². The van der Waals surface area contributed by atoms with Gasteiger partial charge >= 0.3 is 0 Å². The zero-order valence-corrected chi connectivity index (χ0v) is 6.07. The number of rotatable bonds is 3. The van der Waals surface area contributed by atoms with E-state index >= 15 is 0 Å². The van der Waals surface area contributed by atoms with Crippen molar-refractivity contribution in [2.45, 2.75) is 33.1 Å². The first-order chi connectivity index (χ1) is 3.81. The van der Waals surface area contributed by atoms with Crippen molar-refractivity contribution in [3.63, 3.8) is 0 Å². The largest absolute Gasteiger partial charge is 0.298 e. The van der Waals surface area contributed by atoms with E-state index in [1.54, 1.807) is 0 Å². The lowest BCUT2D eigenvalue weighted by Crippen LogP contribution is -1.88. The van der Waals surface area contributed by atoms with Gasteiger partial charge in [0.05, 0.1) is 0 Å². The minimum atomic E-state index is 1.17. The highest BCUT2D eigenvalue weighted by molar-refractivity contribution is 5.81. The van der Waals surface area contributed by atoms with Gasteiger partial charge in [0.2, 0.25) is 0 Å². The van der Waals surface area contributed by atoms with Crippen LogP contribution in [0.4, 0.5) is 0 Å². The Morgan fingerprint density at radius 2 is 2.12 bits per heavy atom. The molecule has 0 radical (unpaired) electrons. The number of hydrogen-bond donors (Lipinski definition) is 0. The number of unbranched alkanes of at least 4 members (excludes halogenated alkanes) is 1. The molecular formula is C7H15N. The normalized spacial score (nSPS) is 12.1. The topological polar surface area (TPSA) is 12.4 Å². The standard InChI is InChI=1S/C7H15N/c1-4-5-6-7(2)8-3/h4-6H2,1-3H3/b8-7+. The van der Waals surface area contributed by atoms with E-state index in [0.29, 0.717) is 0 Å². The van der Waals surface area contributed by atoms with Gasteiger partial charge in [0.25, 0.3) is 0 Å². The summed E-state index contributed by atoms with van der Waals surface area (Å²) in [7, 11) is 1.85. The average molecular weight is 113 g/mol. The molecule has 1 heteroatoms. The summed E-state index contributed by atoms with van der Waals surface area (Å²) in [4.78, 5) is 4.04. The minimum Gasteiger partial charge on any atom is -0.298 e. The van der Waals surface area contributed by atoms with Crippen LogP contribution in [0.15, 0.2) is 4.99 Å². The van der Waals surface area contributed by atoms with Crippen molar-refractivity contribution in [3.05, 3.63) is 0 Å². The van der Waals surface area contributed by atoms with E-state index in [-0.39, 0.29) is 0 Å². The van der Waals surface area contributed by atoms with E-state index in [0.717, 1.165) is 0 Å². The van der Waals surface area contributed by atoms with Crippen LogP contribution in [-0.4, -0.2) is 12.8 Å². The van der Waals surface area contributed by atoms with Crippen LogP contribution in [0.25, 0.3) is 0 Å². The predicted octanol–water partition coefficient (Wildman–Crippen LogP) is 2.27. The lowest BCUT2D eigenvalue weighted by molar-refractivity contribution is 0.832. The predicted molar refractivity (Wildman–Crippen MR) is 38.6 cm³/mol. The monoisotopic (exact) mass is 113 g/mol. The maximum absolute atomic E-state index is 4.04. The number of aliphatic imine (C=N–C) groups is 1. The summed E-state index contributed by atoms with van der Waals surface area (Å²) in [5.41, 5.74) is 1.27. The Kier molecular flexibility index (Phi) is 4.62. The Morgan fingerprint density at radius 3 is 2.50 bits per heavy atom. The lowest BCUT2D eigenvalue weighted by Gasteiger charge is -1.93. The third-order valence-corrected chi connectivity index (χ3v) is 1.27. The van der Waals surface area contributed by atoms with E-state index in [1.165, 1.54) is 25.0 Å². The van der Waals surface area contributed by atoms with Gasteiger partial charge < -0.3 is 0 Å². The third-order valence-electron chi connectivity index (χ3n) is 1.27. The Labute approximate surface area is 51.8 Å². The molecule has 0 N–H and O–H groups in total. The van der Waals surface area contributed by atoms with Crippen LogP contribution in [0.5, 0.6) is 0 Å². The van der Waals surface area contributed by atoms with E-state index in [4.69, 9.17) is 0 Å². The second-order valence-electron chi connectivity index (χ2n) is 2.06. The fraction of sp³-hybridized carbons (Fsp3) is 0.857. The Balaban J connectivity index is 3.12. The van der Waals surface area contributed by atoms with E-state index in [2.05, 4.69) is 18.8 Å². The van der Waals surface area contributed by atoms with Gasteiger partial charge in [-0.1, -0.05) is 13.3 Å². The smallest absolute Gasteiger partial charge is 0.0276 e. The first kappa shape index (κ1) is 7.67. The fourth-order valence-corrected chi connectivity index (χ4v) is 0.544. The highest BCUT2D eigenvalue weighted by atomic mass is 14.7. The molecule has 48 valence electrons. The Morgan fingerprint density at radius 1 is 1.50 bits per heavy atom. The molecule has 0 fully saturated rings. The highest BCUT2D eigenvalue weighted by Gasteiger charge is 1.85. The second-order valence-corrected chi connectivity index (χ2v) is 2.06. The molecule has 0 aromatic carbocycles. The van der Waals surface area contributed by atoms with Gasteiger partial charge in [-0.05, 0) is 19.8 Å². The van der Waals surface area contributed by atoms with Gasteiger partial charge in [-0.2, -0.15) is 0 Å². The molecule has 0 heterocycles. The summed E-state index contributed by atoms with van der Waals surface area (Å²) < 4.78 is 0. The van der Waals surface area contributed by atoms with Crippen molar-refractivity contribution in [2.75, 3.05) is 7.05 Å². The van der Waals surface area contributed by atoms with Crippen molar-refractivity contribution >= 4 is 5.71 Å². The molecule has 0 amide bonds. The van der Waals surface area contributed by atoms with Crippen LogP contribution < -0.4 is 0 Å². The van der Waals surface area contributed by atoms with Crippen molar-refractivity contribution < 1.29 is 0 Å². The molecule has 0 aromatic heterocycles. The summed E-state index contributed by atoms with van der Waals surface area (Å²) in [6, 6.07) is 0. The van der Waals surface area contributed by atoms with Crippen LogP contribution in [0.2, 0.25) is 0 Å². The molecule has 0 saturated carbocycles. The first-order valence-electron chi connectivity index (χ1n) is 3.23. The van der Waals surface area contributed by atoms with Crippen molar-refractivity contribution in [1.82, 2.24) is 0 Å². The minimum absolute atomic E-state index is 1.17. The maximum atomic E-state index is 4.04. The zero-order valence-electron chi connectivity index (χ0n) is 6.07. The fourth-order valence-electron chi connectivity index (χ4n) is 0.544. The molecule has 0 rings (SSSR count). The summed E-state index contributed by atoms with van der Waals surface area (Å²) in [6.07, 6.45) is 3.73. The van der Waals surface area contributed by atoms with Crippen LogP contribution in [-0.2, 0) is 0 Å². The molecule has 0 aromatic rings. The van der Waals surface area contributed by atoms with Gasteiger partial charge in [-0.25, -0.2) is 0 Å². The van der Waals surface area contributed by atoms with Crippen LogP contribution in [0.1, 0.15) is 33.1 Å². The van der Waals surface area contributed by atoms with Gasteiger partial charge in [-0.15, -0.1) is 0 Å². The molecule has 8 heavy (non-hydrogen) atoms. The summed E-state index contributed by atoms with van der Waals surface area (Å²) in [6.45, 7) is 4.28. The summed E-state index contributed by atoms with van der Waals surface area (Å²) in [5, 5.41) is 0. The van der Waals surface area contributed by atoms with Crippen molar-refractivity contribution in [2.24, 2.45) is 4.99 Å². The first-order valence-corrected chi connectivity index (χ1v) is 3.23. The van der Waals surface area contributed by atoms with Crippen molar-refractivity contribution in [1.29, 1.82) is 0 Å². The molecular weight excluding hydrogens is 98.1 g/mol. The third kappa shape index (κ3) is 3.85. The van der Waals surface area contributed by atoms with Crippen molar-refractivity contribution in [3.8, 4) is 0 Å². The number of hydrogen-bond acceptors (Lipinski definition) is 1. The molecule has 0 spiro atoms. The molecule has 1 nitrogen and oxygen atoms in total. The van der Waals surface area contributed by atoms with Crippen LogP contribution in [0, 0.1) is 0 Å². The summed E-state index contributed by atoms with van der Waals surface area (Å²) >= 11 is 0. The SMILES string of the molecule is CCCC/C(C)=N/C. The van der Waals surface area contributed by atoms with Gasteiger partial charge in [0, 0.05) is 12.8 Å². The molecule has 0 aliphatic carbocycles. The molecule has 0 saturated heterocycles.